The van der Waals surface area contributed by atoms with Crippen LogP contribution in [0.15, 0.2) is 60.8 Å². The van der Waals surface area contributed by atoms with Gasteiger partial charge in [-0.2, -0.15) is 5.26 Å². The van der Waals surface area contributed by atoms with Crippen LogP contribution >= 0.6 is 0 Å². The molecular formula is C20H13FN2O2. The highest BCUT2D eigenvalue weighted by Crippen LogP contribution is 2.25. The van der Waals surface area contributed by atoms with Crippen molar-refractivity contribution in [2.24, 2.45) is 0 Å². The molecule has 3 rings (SSSR count). The smallest absolute Gasteiger partial charge is 0.337 e. The fourth-order valence-corrected chi connectivity index (χ4v) is 2.45. The van der Waals surface area contributed by atoms with E-state index in [-0.39, 0.29) is 11.7 Å². The van der Waals surface area contributed by atoms with Gasteiger partial charge in [0.2, 0.25) is 0 Å². The lowest BCUT2D eigenvalue weighted by atomic mass is 10.00. The van der Waals surface area contributed by atoms with Crippen LogP contribution in [0.4, 0.5) is 4.39 Å². The van der Waals surface area contributed by atoms with E-state index in [1.807, 2.05) is 36.4 Å². The van der Waals surface area contributed by atoms with E-state index < -0.39 is 5.82 Å². The minimum atomic E-state index is -0.637. The quantitative estimate of drug-likeness (QED) is 0.674. The van der Waals surface area contributed by atoms with Crippen molar-refractivity contribution in [3.8, 4) is 28.3 Å². The van der Waals surface area contributed by atoms with Gasteiger partial charge in [0, 0.05) is 11.8 Å². The molecule has 0 saturated carbocycles. The number of carbonyl (C=O) groups excluding carboxylic acids is 1. The molecule has 0 amide bonds. The summed E-state index contributed by atoms with van der Waals surface area (Å²) in [4.78, 5) is 15.3. The molecule has 0 aliphatic rings. The number of carbonyl (C=O) groups is 1. The number of methoxy groups -OCH3 is 1. The molecule has 0 bridgehead atoms. The van der Waals surface area contributed by atoms with Crippen molar-refractivity contribution in [3.63, 3.8) is 0 Å². The number of pyridine rings is 1. The Morgan fingerprint density at radius 1 is 1.00 bits per heavy atom. The van der Waals surface area contributed by atoms with Crippen molar-refractivity contribution in [3.05, 3.63) is 77.9 Å². The van der Waals surface area contributed by atoms with E-state index in [2.05, 4.69) is 9.72 Å². The second kappa shape index (κ2) is 6.93. The third-order valence-electron chi connectivity index (χ3n) is 3.80. The topological polar surface area (TPSA) is 63.0 Å². The summed E-state index contributed by atoms with van der Waals surface area (Å²) in [5.41, 5.74) is 3.58. The predicted octanol–water partition coefficient (Wildman–Crippen LogP) is 4.21. The molecule has 1 aromatic heterocycles. The second-order valence-corrected chi connectivity index (χ2v) is 5.31. The van der Waals surface area contributed by atoms with Gasteiger partial charge in [-0.05, 0) is 34.9 Å². The van der Waals surface area contributed by atoms with Crippen molar-refractivity contribution in [1.82, 2.24) is 4.98 Å². The number of esters is 1. The molecule has 0 radical (unpaired) electrons. The largest absolute Gasteiger partial charge is 0.465 e. The van der Waals surface area contributed by atoms with Crippen molar-refractivity contribution in [2.45, 2.75) is 0 Å². The summed E-state index contributed by atoms with van der Waals surface area (Å²) in [5, 5.41) is 8.73. The Hall–Kier alpha value is -3.52. The minimum absolute atomic E-state index is 0.217. The van der Waals surface area contributed by atoms with Crippen LogP contribution in [0.2, 0.25) is 0 Å². The fraction of sp³-hybridized carbons (Fsp3) is 0.0500. The zero-order valence-electron chi connectivity index (χ0n) is 13.4. The number of aromatic nitrogens is 1. The third-order valence-corrected chi connectivity index (χ3v) is 3.80. The summed E-state index contributed by atoms with van der Waals surface area (Å²) in [6.45, 7) is 0. The van der Waals surface area contributed by atoms with Gasteiger partial charge in [-0.15, -0.1) is 0 Å². The zero-order valence-corrected chi connectivity index (χ0v) is 13.4. The molecule has 0 spiro atoms. The average Bonchev–Trinajstić information content (AvgIpc) is 2.67. The lowest BCUT2D eigenvalue weighted by Gasteiger charge is -2.06. The van der Waals surface area contributed by atoms with Crippen LogP contribution in [-0.4, -0.2) is 18.1 Å². The van der Waals surface area contributed by atoms with Crippen LogP contribution < -0.4 is 0 Å². The lowest BCUT2D eigenvalue weighted by Crippen LogP contribution is -2.00. The van der Waals surface area contributed by atoms with Crippen LogP contribution in [-0.2, 0) is 4.74 Å². The van der Waals surface area contributed by atoms with Gasteiger partial charge < -0.3 is 4.74 Å². The Bertz CT molecular complexity index is 958. The number of rotatable bonds is 3. The highest BCUT2D eigenvalue weighted by molar-refractivity contribution is 5.90. The van der Waals surface area contributed by atoms with Gasteiger partial charge in [-0.25, -0.2) is 14.2 Å². The molecule has 1 heterocycles. The first-order valence-corrected chi connectivity index (χ1v) is 7.47. The van der Waals surface area contributed by atoms with Gasteiger partial charge in [-0.1, -0.05) is 36.4 Å². The molecule has 4 nitrogen and oxygen atoms in total. The van der Waals surface area contributed by atoms with E-state index in [1.54, 1.807) is 18.2 Å². The maximum Gasteiger partial charge on any atom is 0.337 e. The van der Waals surface area contributed by atoms with Crippen LogP contribution in [0, 0.1) is 17.1 Å². The molecule has 0 atom stereocenters. The molecule has 0 N–H and O–H groups in total. The van der Waals surface area contributed by atoms with Gasteiger partial charge in [-0.3, -0.25) is 0 Å². The Kier molecular flexibility index (Phi) is 4.53. The van der Waals surface area contributed by atoms with E-state index in [9.17, 15) is 9.18 Å². The fourth-order valence-electron chi connectivity index (χ4n) is 2.45. The number of hydrogen-bond donors (Lipinski definition) is 0. The van der Waals surface area contributed by atoms with Gasteiger partial charge in [0.25, 0.3) is 0 Å². The summed E-state index contributed by atoms with van der Waals surface area (Å²) in [5.74, 6) is -1.01. The van der Waals surface area contributed by atoms with E-state index in [4.69, 9.17) is 5.26 Å². The molecule has 0 aliphatic heterocycles. The standard InChI is InChI=1S/C20H13FN2O2/c1-25-20(24)16-8-6-14(7-9-16)13-2-4-15(5-3-13)17-10-18(21)19(11-22)23-12-17/h2-10,12H,1H3. The van der Waals surface area contributed by atoms with Crippen molar-refractivity contribution in [2.75, 3.05) is 7.11 Å². The van der Waals surface area contributed by atoms with Gasteiger partial charge in [0.1, 0.15) is 6.07 Å². The minimum Gasteiger partial charge on any atom is -0.465 e. The van der Waals surface area contributed by atoms with E-state index in [1.165, 1.54) is 19.4 Å². The highest BCUT2D eigenvalue weighted by Gasteiger charge is 2.08. The van der Waals surface area contributed by atoms with Crippen LogP contribution in [0.5, 0.6) is 0 Å². The van der Waals surface area contributed by atoms with Crippen molar-refractivity contribution in [1.29, 1.82) is 5.26 Å². The molecule has 0 fully saturated rings. The Morgan fingerprint density at radius 2 is 1.52 bits per heavy atom. The molecule has 5 heteroatoms. The molecule has 2 aromatic carbocycles. The molecular weight excluding hydrogens is 319 g/mol. The summed E-state index contributed by atoms with van der Waals surface area (Å²) >= 11 is 0. The number of ether oxygens (including phenoxy) is 1. The van der Waals surface area contributed by atoms with E-state index in [0.717, 1.165) is 16.7 Å². The Labute approximate surface area is 144 Å². The van der Waals surface area contributed by atoms with Gasteiger partial charge in [0.05, 0.1) is 12.7 Å². The van der Waals surface area contributed by atoms with Crippen molar-refractivity contribution >= 4 is 5.97 Å². The van der Waals surface area contributed by atoms with E-state index >= 15 is 0 Å². The first-order chi connectivity index (χ1) is 12.1. The molecule has 0 saturated heterocycles. The first kappa shape index (κ1) is 16.3. The number of nitriles is 1. The SMILES string of the molecule is COC(=O)c1ccc(-c2ccc(-c3cnc(C#N)c(F)c3)cc2)cc1. The Balaban J connectivity index is 1.86. The maximum absolute atomic E-state index is 13.7. The molecule has 3 aromatic rings. The number of hydrogen-bond acceptors (Lipinski definition) is 4. The molecule has 0 aliphatic carbocycles. The molecule has 25 heavy (non-hydrogen) atoms. The van der Waals surface area contributed by atoms with Crippen LogP contribution in [0.1, 0.15) is 16.1 Å². The average molecular weight is 332 g/mol. The van der Waals surface area contributed by atoms with Gasteiger partial charge in [0.15, 0.2) is 11.5 Å². The summed E-state index contributed by atoms with van der Waals surface area (Å²) < 4.78 is 18.4. The predicted molar refractivity (Wildman–Crippen MR) is 91.1 cm³/mol. The molecule has 122 valence electrons. The van der Waals surface area contributed by atoms with E-state index in [0.29, 0.717) is 11.1 Å². The zero-order chi connectivity index (χ0) is 17.8. The Morgan fingerprint density at radius 3 is 2.00 bits per heavy atom. The van der Waals surface area contributed by atoms with Crippen LogP contribution in [0.3, 0.4) is 0 Å². The number of benzene rings is 2. The lowest BCUT2D eigenvalue weighted by molar-refractivity contribution is 0.0601. The normalized spacial score (nSPS) is 10.1. The molecule has 0 unspecified atom stereocenters. The second-order valence-electron chi connectivity index (χ2n) is 5.31. The van der Waals surface area contributed by atoms with Crippen molar-refractivity contribution < 1.29 is 13.9 Å². The monoisotopic (exact) mass is 332 g/mol. The van der Waals surface area contributed by atoms with Crippen LogP contribution in [0.25, 0.3) is 22.3 Å². The summed E-state index contributed by atoms with van der Waals surface area (Å²) in [6, 6.07) is 17.6. The highest BCUT2D eigenvalue weighted by atomic mass is 19.1. The van der Waals surface area contributed by atoms with Gasteiger partial charge >= 0.3 is 5.97 Å². The number of nitrogens with zero attached hydrogens (tertiary/aromatic N) is 2. The first-order valence-electron chi connectivity index (χ1n) is 7.47. The number of halogens is 1. The third kappa shape index (κ3) is 3.38. The summed E-state index contributed by atoms with van der Waals surface area (Å²) in [6.07, 6.45) is 1.47. The maximum atomic E-state index is 13.7. The summed E-state index contributed by atoms with van der Waals surface area (Å²) in [7, 11) is 1.34.